The second-order valence-corrected chi connectivity index (χ2v) is 6.06. The first-order valence-electron chi connectivity index (χ1n) is 6.18. The van der Waals surface area contributed by atoms with Gasteiger partial charge in [0.25, 0.3) is 11.7 Å². The molecule has 1 unspecified atom stereocenters. The molecule has 8 heteroatoms. The van der Waals surface area contributed by atoms with Gasteiger partial charge in [0.2, 0.25) is 5.82 Å². The molecule has 0 aliphatic rings. The number of carbonyl (C=O) groups excluding carboxylic acids is 1. The zero-order valence-electron chi connectivity index (χ0n) is 11.5. The predicted molar refractivity (Wildman–Crippen MR) is 76.3 cm³/mol. The average molecular weight is 342 g/mol. The maximum atomic E-state index is 12.0. The number of nitrogens with one attached hydrogen (secondary N) is 1. The van der Waals surface area contributed by atoms with E-state index in [1.807, 2.05) is 13.8 Å². The summed E-state index contributed by atoms with van der Waals surface area (Å²) in [6, 6.07) is 0. The summed E-state index contributed by atoms with van der Waals surface area (Å²) < 4.78 is 2.16. The number of aromatic nitrogens is 4. The minimum absolute atomic E-state index is 0.0226. The number of carbonyl (C=O) groups is 1. The number of halogens is 1. The lowest BCUT2D eigenvalue weighted by molar-refractivity contribution is 0.0141. The highest BCUT2D eigenvalue weighted by molar-refractivity contribution is 9.10. The number of hydrogen-bond acceptors (Lipinski definition) is 5. The lowest BCUT2D eigenvalue weighted by atomic mass is 9.92. The van der Waals surface area contributed by atoms with Crippen LogP contribution in [-0.2, 0) is 0 Å². The topological polar surface area (TPSA) is 92.4 Å². The van der Waals surface area contributed by atoms with E-state index in [1.165, 1.54) is 4.52 Å². The van der Waals surface area contributed by atoms with E-state index in [9.17, 15) is 9.90 Å². The Kier molecular flexibility index (Phi) is 4.05. The largest absolute Gasteiger partial charge is 0.388 e. The smallest absolute Gasteiger partial charge is 0.291 e. The zero-order valence-corrected chi connectivity index (χ0v) is 13.0. The molecule has 0 aliphatic heterocycles. The third kappa shape index (κ3) is 3.13. The third-order valence-corrected chi connectivity index (χ3v) is 3.63. The first kappa shape index (κ1) is 14.9. The van der Waals surface area contributed by atoms with Gasteiger partial charge in [-0.3, -0.25) is 4.79 Å². The van der Waals surface area contributed by atoms with Crippen molar-refractivity contribution in [2.75, 3.05) is 6.54 Å². The number of fused-ring (bicyclic) bond motifs is 1. The first-order valence-corrected chi connectivity index (χ1v) is 6.97. The summed E-state index contributed by atoms with van der Waals surface area (Å²) in [4.78, 5) is 20.0. The fraction of sp³-hybridized carbons (Fsp3) is 0.500. The van der Waals surface area contributed by atoms with E-state index >= 15 is 0 Å². The molecule has 1 atom stereocenters. The molecule has 2 aromatic heterocycles. The number of aliphatic hydroxyl groups is 1. The summed E-state index contributed by atoms with van der Waals surface area (Å²) in [5, 5.41) is 16.8. The Hall–Kier alpha value is -1.54. The van der Waals surface area contributed by atoms with Gasteiger partial charge in [0.1, 0.15) is 0 Å². The quantitative estimate of drug-likeness (QED) is 0.866. The minimum Gasteiger partial charge on any atom is -0.388 e. The van der Waals surface area contributed by atoms with Crippen molar-refractivity contribution in [3.8, 4) is 0 Å². The fourth-order valence-corrected chi connectivity index (χ4v) is 1.69. The van der Waals surface area contributed by atoms with Gasteiger partial charge in [-0.1, -0.05) is 13.8 Å². The molecule has 20 heavy (non-hydrogen) atoms. The van der Waals surface area contributed by atoms with Crippen LogP contribution in [0.15, 0.2) is 16.9 Å². The highest BCUT2D eigenvalue weighted by Gasteiger charge is 2.26. The van der Waals surface area contributed by atoms with E-state index in [-0.39, 0.29) is 18.3 Å². The van der Waals surface area contributed by atoms with Crippen LogP contribution in [0.4, 0.5) is 0 Å². The molecular formula is C12H16BrN5O2. The molecule has 2 rings (SSSR count). The summed E-state index contributed by atoms with van der Waals surface area (Å²) in [6.45, 7) is 5.58. The molecule has 108 valence electrons. The molecule has 0 bridgehead atoms. The van der Waals surface area contributed by atoms with Crippen LogP contribution in [-0.4, -0.2) is 42.7 Å². The molecule has 0 spiro atoms. The van der Waals surface area contributed by atoms with E-state index in [1.54, 1.807) is 19.3 Å². The Morgan fingerprint density at radius 1 is 1.60 bits per heavy atom. The van der Waals surface area contributed by atoms with Crippen LogP contribution in [0.25, 0.3) is 5.78 Å². The van der Waals surface area contributed by atoms with E-state index in [4.69, 9.17) is 0 Å². The van der Waals surface area contributed by atoms with Gasteiger partial charge in [0.05, 0.1) is 10.1 Å². The summed E-state index contributed by atoms with van der Waals surface area (Å²) in [5.74, 6) is -0.0499. The van der Waals surface area contributed by atoms with Crippen LogP contribution < -0.4 is 5.32 Å². The average Bonchev–Trinajstić information content (AvgIpc) is 2.78. The summed E-state index contributed by atoms with van der Waals surface area (Å²) in [6.07, 6.45) is 3.24. The predicted octanol–water partition coefficient (Wildman–Crippen LogP) is 1.02. The molecule has 0 saturated heterocycles. The molecule has 1 amide bonds. The van der Waals surface area contributed by atoms with E-state index in [2.05, 4.69) is 36.3 Å². The molecule has 0 saturated carbocycles. The van der Waals surface area contributed by atoms with E-state index < -0.39 is 11.5 Å². The van der Waals surface area contributed by atoms with Gasteiger partial charge in [-0.2, -0.15) is 4.98 Å². The Morgan fingerprint density at radius 3 is 2.95 bits per heavy atom. The Labute approximate surface area is 124 Å². The van der Waals surface area contributed by atoms with Gasteiger partial charge < -0.3 is 10.4 Å². The molecule has 7 nitrogen and oxygen atoms in total. The van der Waals surface area contributed by atoms with Crippen molar-refractivity contribution in [2.24, 2.45) is 5.92 Å². The Morgan fingerprint density at radius 2 is 2.30 bits per heavy atom. The number of hydrogen-bond donors (Lipinski definition) is 2. The molecule has 0 aromatic carbocycles. The van der Waals surface area contributed by atoms with Crippen molar-refractivity contribution < 1.29 is 9.90 Å². The van der Waals surface area contributed by atoms with Crippen molar-refractivity contribution in [1.82, 2.24) is 24.9 Å². The lowest BCUT2D eigenvalue weighted by Crippen LogP contribution is -2.44. The summed E-state index contributed by atoms with van der Waals surface area (Å²) in [7, 11) is 0. The normalized spacial score (nSPS) is 14.5. The van der Waals surface area contributed by atoms with Gasteiger partial charge in [0.15, 0.2) is 0 Å². The third-order valence-electron chi connectivity index (χ3n) is 3.22. The molecule has 0 aliphatic carbocycles. The molecule has 0 radical (unpaired) electrons. The highest BCUT2D eigenvalue weighted by Crippen LogP contribution is 2.14. The van der Waals surface area contributed by atoms with Crippen LogP contribution in [0.3, 0.4) is 0 Å². The van der Waals surface area contributed by atoms with Gasteiger partial charge in [0, 0.05) is 18.9 Å². The maximum absolute atomic E-state index is 12.0. The zero-order chi connectivity index (χ0) is 14.9. The Balaban J connectivity index is 2.12. The van der Waals surface area contributed by atoms with Crippen molar-refractivity contribution >= 4 is 27.6 Å². The monoisotopic (exact) mass is 341 g/mol. The number of rotatable bonds is 4. The van der Waals surface area contributed by atoms with Crippen LogP contribution in [0.2, 0.25) is 0 Å². The lowest BCUT2D eigenvalue weighted by Gasteiger charge is -2.27. The first-order chi connectivity index (χ1) is 9.29. The van der Waals surface area contributed by atoms with E-state index in [0.717, 1.165) is 4.47 Å². The second-order valence-electron chi connectivity index (χ2n) is 5.15. The van der Waals surface area contributed by atoms with Crippen LogP contribution >= 0.6 is 15.9 Å². The molecule has 2 heterocycles. The summed E-state index contributed by atoms with van der Waals surface area (Å²) >= 11 is 3.27. The van der Waals surface area contributed by atoms with Crippen LogP contribution in [0, 0.1) is 5.92 Å². The standard InChI is InChI=1S/C12H16BrN5O2/c1-7(2)12(3,20)6-15-10(19)9-16-11-14-4-8(13)5-18(11)17-9/h4-5,7,20H,6H2,1-3H3,(H,15,19). The van der Waals surface area contributed by atoms with Crippen LogP contribution in [0.5, 0.6) is 0 Å². The highest BCUT2D eigenvalue weighted by atomic mass is 79.9. The Bertz CT molecular complexity index is 638. The maximum Gasteiger partial charge on any atom is 0.291 e. The second kappa shape index (κ2) is 5.45. The summed E-state index contributed by atoms with van der Waals surface area (Å²) in [5.41, 5.74) is -0.976. The SMILES string of the molecule is CC(C)C(C)(O)CNC(=O)c1nc2ncc(Br)cn2n1. The van der Waals surface area contributed by atoms with Gasteiger partial charge in [-0.25, -0.2) is 9.50 Å². The van der Waals surface area contributed by atoms with Gasteiger partial charge >= 0.3 is 0 Å². The van der Waals surface area contributed by atoms with Crippen LogP contribution in [0.1, 0.15) is 31.4 Å². The van der Waals surface area contributed by atoms with Crippen molar-refractivity contribution in [3.63, 3.8) is 0 Å². The molecule has 0 fully saturated rings. The van der Waals surface area contributed by atoms with E-state index in [0.29, 0.717) is 5.78 Å². The fourth-order valence-electron chi connectivity index (χ4n) is 1.40. The van der Waals surface area contributed by atoms with Gasteiger partial charge in [-0.15, -0.1) is 5.10 Å². The molecule has 2 N–H and O–H groups in total. The van der Waals surface area contributed by atoms with Gasteiger partial charge in [-0.05, 0) is 28.8 Å². The molecule has 2 aromatic rings. The van der Waals surface area contributed by atoms with Crippen molar-refractivity contribution in [3.05, 3.63) is 22.7 Å². The molecular weight excluding hydrogens is 326 g/mol. The number of amides is 1. The minimum atomic E-state index is -0.976. The van der Waals surface area contributed by atoms with Crippen molar-refractivity contribution in [1.29, 1.82) is 0 Å². The number of nitrogens with zero attached hydrogens (tertiary/aromatic N) is 4. The van der Waals surface area contributed by atoms with Crippen molar-refractivity contribution in [2.45, 2.75) is 26.4 Å².